The van der Waals surface area contributed by atoms with E-state index in [4.69, 9.17) is 4.74 Å². The number of rotatable bonds is 4. The van der Waals surface area contributed by atoms with E-state index in [2.05, 4.69) is 4.98 Å². The molecule has 0 amide bonds. The third-order valence-electron chi connectivity index (χ3n) is 3.37. The van der Waals surface area contributed by atoms with E-state index in [1.165, 1.54) is 0 Å². The minimum Gasteiger partial charge on any atom is -0.457 e. The molecule has 6 heteroatoms. The van der Waals surface area contributed by atoms with Crippen molar-refractivity contribution in [3.63, 3.8) is 0 Å². The smallest absolute Gasteiger partial charge is 0.346 e. The van der Waals surface area contributed by atoms with Crippen molar-refractivity contribution in [1.82, 2.24) is 4.98 Å². The number of benzene rings is 2. The van der Waals surface area contributed by atoms with Crippen LogP contribution in [-0.2, 0) is 11.3 Å². The maximum atomic E-state index is 12.4. The summed E-state index contributed by atoms with van der Waals surface area (Å²) < 4.78 is 5.24. The van der Waals surface area contributed by atoms with Crippen LogP contribution in [0.15, 0.2) is 60.8 Å². The number of fused-ring (bicyclic) bond motifs is 1. The van der Waals surface area contributed by atoms with Crippen molar-refractivity contribution >= 4 is 22.6 Å². The molecule has 114 valence electrons. The molecule has 0 spiro atoms. The normalized spacial score (nSPS) is 10.4. The number of nitrogens with zero attached hydrogens (tertiary/aromatic N) is 2. The number of nitro groups is 1. The van der Waals surface area contributed by atoms with Crippen LogP contribution in [0.5, 0.6) is 0 Å². The Morgan fingerprint density at radius 2 is 1.78 bits per heavy atom. The van der Waals surface area contributed by atoms with Crippen molar-refractivity contribution in [2.75, 3.05) is 0 Å². The van der Waals surface area contributed by atoms with E-state index in [0.29, 0.717) is 10.9 Å². The first-order valence-corrected chi connectivity index (χ1v) is 6.90. The van der Waals surface area contributed by atoms with Crippen LogP contribution in [0.4, 0.5) is 5.69 Å². The molecule has 1 heterocycles. The molecule has 3 aromatic rings. The second kappa shape index (κ2) is 6.23. The molecule has 6 nitrogen and oxygen atoms in total. The highest BCUT2D eigenvalue weighted by Crippen LogP contribution is 2.27. The first-order chi connectivity index (χ1) is 11.2. The first kappa shape index (κ1) is 14.6. The third-order valence-corrected chi connectivity index (χ3v) is 3.37. The molecule has 0 fully saturated rings. The van der Waals surface area contributed by atoms with Crippen molar-refractivity contribution in [2.45, 2.75) is 6.61 Å². The van der Waals surface area contributed by atoms with Crippen LogP contribution in [0.25, 0.3) is 10.9 Å². The van der Waals surface area contributed by atoms with Gasteiger partial charge in [-0.1, -0.05) is 48.5 Å². The quantitative estimate of drug-likeness (QED) is 0.418. The fourth-order valence-electron chi connectivity index (χ4n) is 2.28. The average Bonchev–Trinajstić information content (AvgIpc) is 2.59. The van der Waals surface area contributed by atoms with Gasteiger partial charge in [0.2, 0.25) is 0 Å². The van der Waals surface area contributed by atoms with Gasteiger partial charge >= 0.3 is 11.7 Å². The number of carbonyl (C=O) groups is 1. The van der Waals surface area contributed by atoms with E-state index in [-0.39, 0.29) is 17.9 Å². The predicted octanol–water partition coefficient (Wildman–Crippen LogP) is 3.50. The first-order valence-electron chi connectivity index (χ1n) is 6.90. The van der Waals surface area contributed by atoms with Gasteiger partial charge in [-0.15, -0.1) is 0 Å². The highest BCUT2D eigenvalue weighted by atomic mass is 16.6. The Morgan fingerprint density at radius 3 is 2.52 bits per heavy atom. The summed E-state index contributed by atoms with van der Waals surface area (Å²) in [7, 11) is 0. The van der Waals surface area contributed by atoms with E-state index in [9.17, 15) is 14.9 Å². The summed E-state index contributed by atoms with van der Waals surface area (Å²) in [5.41, 5.74) is 0.880. The lowest BCUT2D eigenvalue weighted by Crippen LogP contribution is -2.09. The Hall–Kier alpha value is -3.28. The Kier molecular flexibility index (Phi) is 3.97. The molecule has 0 atom stereocenters. The van der Waals surface area contributed by atoms with Crippen LogP contribution in [0, 0.1) is 10.1 Å². The molecule has 23 heavy (non-hydrogen) atoms. The lowest BCUT2D eigenvalue weighted by Gasteiger charge is -2.08. The number of pyridine rings is 1. The van der Waals surface area contributed by atoms with E-state index in [1.54, 1.807) is 24.3 Å². The monoisotopic (exact) mass is 308 g/mol. The fourth-order valence-corrected chi connectivity index (χ4v) is 2.28. The second-order valence-corrected chi connectivity index (χ2v) is 4.85. The van der Waals surface area contributed by atoms with Crippen molar-refractivity contribution in [2.24, 2.45) is 0 Å². The van der Waals surface area contributed by atoms with Crippen LogP contribution in [0.3, 0.4) is 0 Å². The van der Waals surface area contributed by atoms with Gasteiger partial charge in [-0.3, -0.25) is 10.1 Å². The van der Waals surface area contributed by atoms with Gasteiger partial charge in [-0.2, -0.15) is 0 Å². The summed E-state index contributed by atoms with van der Waals surface area (Å²) >= 11 is 0. The molecule has 0 unspecified atom stereocenters. The Bertz CT molecular complexity index is 878. The molecular weight excluding hydrogens is 296 g/mol. The molecule has 2 aromatic carbocycles. The Balaban J connectivity index is 1.98. The molecule has 0 aliphatic heterocycles. The van der Waals surface area contributed by atoms with Gasteiger partial charge in [-0.25, -0.2) is 9.78 Å². The molecule has 0 N–H and O–H groups in total. The molecule has 0 saturated carbocycles. The molecule has 0 aliphatic rings. The van der Waals surface area contributed by atoms with Gasteiger partial charge in [0.05, 0.1) is 10.4 Å². The van der Waals surface area contributed by atoms with Gasteiger partial charge in [0.1, 0.15) is 18.4 Å². The van der Waals surface area contributed by atoms with E-state index in [1.807, 2.05) is 30.3 Å². The minimum absolute atomic E-state index is 0.0491. The summed E-state index contributed by atoms with van der Waals surface area (Å²) in [6, 6.07) is 15.9. The zero-order chi connectivity index (χ0) is 16.2. The van der Waals surface area contributed by atoms with Gasteiger partial charge in [0, 0.05) is 5.39 Å². The van der Waals surface area contributed by atoms with Crippen molar-refractivity contribution in [3.8, 4) is 0 Å². The van der Waals surface area contributed by atoms with Crippen LogP contribution < -0.4 is 0 Å². The molecular formula is C17H12N2O4. The highest BCUT2D eigenvalue weighted by Gasteiger charge is 2.25. The number of aromatic nitrogens is 1. The summed E-state index contributed by atoms with van der Waals surface area (Å²) in [5, 5.41) is 11.6. The molecule has 0 aliphatic carbocycles. The minimum atomic E-state index is -0.737. The van der Waals surface area contributed by atoms with E-state index >= 15 is 0 Å². The third kappa shape index (κ3) is 3.01. The number of hydrogen-bond donors (Lipinski definition) is 0. The average molecular weight is 308 g/mol. The summed E-state index contributed by atoms with van der Waals surface area (Å²) in [6.45, 7) is 0.0491. The molecule has 0 saturated heterocycles. The summed E-state index contributed by atoms with van der Waals surface area (Å²) in [4.78, 5) is 27.0. The number of ether oxygens (including phenoxy) is 1. The lowest BCUT2D eigenvalue weighted by molar-refractivity contribution is -0.385. The Labute approximate surface area is 131 Å². The number of para-hydroxylation sites is 1. The molecule has 0 bridgehead atoms. The van der Waals surface area contributed by atoms with Crippen LogP contribution in [0.1, 0.15) is 15.9 Å². The predicted molar refractivity (Wildman–Crippen MR) is 84.0 cm³/mol. The topological polar surface area (TPSA) is 82.3 Å². The van der Waals surface area contributed by atoms with Crippen LogP contribution in [-0.4, -0.2) is 15.9 Å². The van der Waals surface area contributed by atoms with E-state index in [0.717, 1.165) is 11.8 Å². The van der Waals surface area contributed by atoms with Gasteiger partial charge in [0.15, 0.2) is 0 Å². The zero-order valence-corrected chi connectivity index (χ0v) is 12.0. The number of hydrogen-bond acceptors (Lipinski definition) is 5. The number of esters is 1. The van der Waals surface area contributed by atoms with Crippen molar-refractivity contribution in [1.29, 1.82) is 0 Å². The van der Waals surface area contributed by atoms with Crippen molar-refractivity contribution < 1.29 is 14.5 Å². The number of carbonyl (C=O) groups excluding carboxylic acids is 1. The standard InChI is InChI=1S/C17H12N2O4/c20-17(23-11-12-6-2-1-3-7-12)16-13-8-4-5-9-14(13)18-10-15(16)19(21)22/h1-10H,11H2. The summed E-state index contributed by atoms with van der Waals surface area (Å²) in [6.07, 6.45) is 1.08. The zero-order valence-electron chi connectivity index (χ0n) is 12.0. The second-order valence-electron chi connectivity index (χ2n) is 4.85. The van der Waals surface area contributed by atoms with Crippen LogP contribution >= 0.6 is 0 Å². The largest absolute Gasteiger partial charge is 0.457 e. The summed E-state index contributed by atoms with van der Waals surface area (Å²) in [5.74, 6) is -0.737. The SMILES string of the molecule is O=C(OCc1ccccc1)c1c([N+](=O)[O-])cnc2ccccc12. The van der Waals surface area contributed by atoms with Crippen LogP contribution in [0.2, 0.25) is 0 Å². The van der Waals surface area contributed by atoms with Gasteiger partial charge in [0.25, 0.3) is 0 Å². The molecule has 0 radical (unpaired) electrons. The molecule has 1 aromatic heterocycles. The Morgan fingerprint density at radius 1 is 1.09 bits per heavy atom. The van der Waals surface area contributed by atoms with Gasteiger partial charge in [-0.05, 0) is 11.6 Å². The van der Waals surface area contributed by atoms with E-state index < -0.39 is 10.9 Å². The highest BCUT2D eigenvalue weighted by molar-refractivity contribution is 6.06. The van der Waals surface area contributed by atoms with Gasteiger partial charge < -0.3 is 4.74 Å². The fraction of sp³-hybridized carbons (Fsp3) is 0.0588. The maximum Gasteiger partial charge on any atom is 0.346 e. The van der Waals surface area contributed by atoms with Crippen molar-refractivity contribution in [3.05, 3.63) is 82.0 Å². The maximum absolute atomic E-state index is 12.4. The lowest BCUT2D eigenvalue weighted by atomic mass is 10.1. The molecule has 3 rings (SSSR count).